The molecule has 0 saturated heterocycles. The van der Waals surface area contributed by atoms with Crippen molar-refractivity contribution in [2.45, 2.75) is 33.2 Å². The average Bonchev–Trinajstić information content (AvgIpc) is 3.16. The summed E-state index contributed by atoms with van der Waals surface area (Å²) < 4.78 is 8.15. The van der Waals surface area contributed by atoms with Gasteiger partial charge in [-0.2, -0.15) is 0 Å². The lowest BCUT2D eigenvalue weighted by Crippen LogP contribution is -2.46. The molecule has 0 N–H and O–H groups in total. The number of nitrogens with zero attached hydrogens (tertiary/aromatic N) is 2. The number of rotatable bonds is 2. The van der Waals surface area contributed by atoms with E-state index in [1.807, 2.05) is 23.9 Å². The number of hydrogen-bond acceptors (Lipinski definition) is 5. The number of carbonyl (C=O) groups is 2. The van der Waals surface area contributed by atoms with E-state index in [0.717, 1.165) is 32.8 Å². The lowest BCUT2D eigenvalue weighted by molar-refractivity contribution is -0.115. The van der Waals surface area contributed by atoms with E-state index in [4.69, 9.17) is 17.0 Å². The van der Waals surface area contributed by atoms with Gasteiger partial charge in [-0.05, 0) is 63.1 Å². The predicted molar refractivity (Wildman–Crippen MR) is 121 cm³/mol. The maximum absolute atomic E-state index is 13.0. The van der Waals surface area contributed by atoms with Crippen LogP contribution in [-0.2, 0) is 10.3 Å². The third kappa shape index (κ3) is 2.36. The standard InChI is InChI=1S/C23H20N2O3S2/c1-11-6-12(2)8-13(7-11)25-22(29)17-15-9-14(28-5)10-16-18(15)24(21(27)19(16)26)23(3,4)20(17)30-25/h6-10H,1-5H3. The number of hydrogen-bond donors (Lipinski definition) is 0. The Morgan fingerprint density at radius 3 is 2.27 bits per heavy atom. The maximum atomic E-state index is 13.0. The Hall–Kier alpha value is -2.77. The highest BCUT2D eigenvalue weighted by molar-refractivity contribution is 7.71. The van der Waals surface area contributed by atoms with Crippen molar-refractivity contribution in [2.75, 3.05) is 12.0 Å². The fourth-order valence-corrected chi connectivity index (χ4v) is 6.23. The zero-order valence-electron chi connectivity index (χ0n) is 17.3. The minimum absolute atomic E-state index is 0.381. The van der Waals surface area contributed by atoms with E-state index in [1.165, 1.54) is 11.5 Å². The normalized spacial score (nSPS) is 16.0. The van der Waals surface area contributed by atoms with E-state index >= 15 is 0 Å². The molecule has 0 radical (unpaired) electrons. The van der Waals surface area contributed by atoms with Crippen molar-refractivity contribution in [3.8, 4) is 22.6 Å². The summed E-state index contributed by atoms with van der Waals surface area (Å²) >= 11 is 7.47. The van der Waals surface area contributed by atoms with Crippen LogP contribution in [0.15, 0.2) is 30.3 Å². The van der Waals surface area contributed by atoms with Crippen LogP contribution in [0.4, 0.5) is 5.69 Å². The highest BCUT2D eigenvalue weighted by Crippen LogP contribution is 2.55. The van der Waals surface area contributed by atoms with Gasteiger partial charge in [0.05, 0.1) is 34.5 Å². The fraction of sp³-hybridized carbons (Fsp3) is 0.261. The minimum atomic E-state index is -0.697. The second-order valence-electron chi connectivity index (χ2n) is 8.34. The number of ether oxygens (including phenoxy) is 1. The number of benzene rings is 2. The van der Waals surface area contributed by atoms with Crippen LogP contribution in [0.5, 0.6) is 5.75 Å². The van der Waals surface area contributed by atoms with Crippen molar-refractivity contribution in [1.82, 2.24) is 3.96 Å². The van der Waals surface area contributed by atoms with Gasteiger partial charge in [-0.3, -0.25) is 18.4 Å². The third-order valence-corrected chi connectivity index (χ3v) is 7.78. The number of ketones is 1. The molecule has 0 aliphatic carbocycles. The van der Waals surface area contributed by atoms with Crippen molar-refractivity contribution in [3.05, 3.63) is 56.5 Å². The summed E-state index contributed by atoms with van der Waals surface area (Å²) in [5, 5.41) is 0. The van der Waals surface area contributed by atoms with Gasteiger partial charge in [0, 0.05) is 11.1 Å². The van der Waals surface area contributed by atoms with Crippen LogP contribution >= 0.6 is 23.8 Å². The first-order valence-electron chi connectivity index (χ1n) is 9.62. The Morgan fingerprint density at radius 1 is 1.00 bits per heavy atom. The maximum Gasteiger partial charge on any atom is 0.300 e. The van der Waals surface area contributed by atoms with Gasteiger partial charge in [-0.25, -0.2) is 0 Å². The molecule has 0 saturated carbocycles. The summed E-state index contributed by atoms with van der Waals surface area (Å²) in [5.41, 5.74) is 5.32. The number of anilines is 1. The van der Waals surface area contributed by atoms with E-state index in [2.05, 4.69) is 32.0 Å². The Kier molecular flexibility index (Phi) is 3.92. The molecule has 0 fully saturated rings. The number of Topliss-reactive ketones (excluding diaryl/α,β-unsaturated/α-hetero) is 1. The smallest absolute Gasteiger partial charge is 0.300 e. The lowest BCUT2D eigenvalue weighted by atomic mass is 9.87. The third-order valence-electron chi connectivity index (χ3n) is 5.82. The largest absolute Gasteiger partial charge is 0.497 e. The number of aryl methyl sites for hydroxylation is 2. The van der Waals surface area contributed by atoms with Crippen molar-refractivity contribution >= 4 is 41.1 Å². The van der Waals surface area contributed by atoms with Crippen LogP contribution in [0.1, 0.15) is 40.2 Å². The van der Waals surface area contributed by atoms with Crippen molar-refractivity contribution < 1.29 is 14.3 Å². The van der Waals surface area contributed by atoms with Gasteiger partial charge >= 0.3 is 0 Å². The molecule has 5 rings (SSSR count). The first-order chi connectivity index (χ1) is 14.1. The van der Waals surface area contributed by atoms with Crippen molar-refractivity contribution in [3.63, 3.8) is 0 Å². The molecule has 0 unspecified atom stereocenters. The molecule has 152 valence electrons. The molecule has 3 heterocycles. The summed E-state index contributed by atoms with van der Waals surface area (Å²) in [6.07, 6.45) is 0. The molecular formula is C23H20N2O3S2. The van der Waals surface area contributed by atoms with E-state index < -0.39 is 17.2 Å². The number of methoxy groups -OCH3 is 1. The summed E-state index contributed by atoms with van der Waals surface area (Å²) in [4.78, 5) is 28.3. The number of amides is 1. The van der Waals surface area contributed by atoms with Crippen molar-refractivity contribution in [2.24, 2.45) is 0 Å². The summed E-state index contributed by atoms with van der Waals surface area (Å²) in [5.74, 6) is -0.468. The Balaban J connectivity index is 1.88. The zero-order chi connectivity index (χ0) is 21.5. The first-order valence-corrected chi connectivity index (χ1v) is 10.8. The molecule has 1 aromatic heterocycles. The van der Waals surface area contributed by atoms with Gasteiger partial charge in [0.1, 0.15) is 10.4 Å². The number of fused-ring (bicyclic) bond motifs is 2. The van der Waals surface area contributed by atoms with Crippen LogP contribution < -0.4 is 9.64 Å². The average molecular weight is 437 g/mol. The van der Waals surface area contributed by atoms with Crippen LogP contribution in [0, 0.1) is 18.5 Å². The quantitative estimate of drug-likeness (QED) is 0.402. The second kappa shape index (κ2) is 6.12. The topological polar surface area (TPSA) is 51.5 Å². The van der Waals surface area contributed by atoms with E-state index in [1.54, 1.807) is 18.1 Å². The highest BCUT2D eigenvalue weighted by Gasteiger charge is 2.51. The lowest BCUT2D eigenvalue weighted by Gasteiger charge is -2.39. The highest BCUT2D eigenvalue weighted by atomic mass is 32.1. The molecule has 3 aromatic rings. The van der Waals surface area contributed by atoms with Crippen LogP contribution in [0.3, 0.4) is 0 Å². The Labute approximate surface area is 183 Å². The van der Waals surface area contributed by atoms with Gasteiger partial charge in [-0.15, -0.1) is 0 Å². The molecule has 0 bridgehead atoms. The minimum Gasteiger partial charge on any atom is -0.497 e. The molecule has 5 nitrogen and oxygen atoms in total. The van der Waals surface area contributed by atoms with Crippen LogP contribution in [-0.4, -0.2) is 22.8 Å². The Morgan fingerprint density at radius 2 is 1.63 bits per heavy atom. The predicted octanol–water partition coefficient (Wildman–Crippen LogP) is 5.34. The molecule has 1 amide bonds. The molecule has 0 atom stereocenters. The molecule has 0 spiro atoms. The van der Waals surface area contributed by atoms with Crippen molar-refractivity contribution in [1.29, 1.82) is 0 Å². The first kappa shape index (κ1) is 19.2. The summed E-state index contributed by atoms with van der Waals surface area (Å²) in [7, 11) is 1.55. The molecular weight excluding hydrogens is 416 g/mol. The zero-order valence-corrected chi connectivity index (χ0v) is 19.0. The van der Waals surface area contributed by atoms with Gasteiger partial charge in [0.2, 0.25) is 0 Å². The van der Waals surface area contributed by atoms with Gasteiger partial charge in [0.15, 0.2) is 0 Å². The number of aromatic nitrogens is 1. The van der Waals surface area contributed by atoms with E-state index in [0.29, 0.717) is 21.6 Å². The summed E-state index contributed by atoms with van der Waals surface area (Å²) in [6, 6.07) is 9.86. The number of carbonyl (C=O) groups excluding carboxylic acids is 2. The molecule has 2 aromatic carbocycles. The van der Waals surface area contributed by atoms with Crippen LogP contribution in [0.25, 0.3) is 16.8 Å². The summed E-state index contributed by atoms with van der Waals surface area (Å²) in [6.45, 7) is 8.06. The second-order valence-corrected chi connectivity index (χ2v) is 9.68. The van der Waals surface area contributed by atoms with Crippen LogP contribution in [0.2, 0.25) is 0 Å². The molecule has 2 aliphatic rings. The SMILES string of the molecule is COc1cc2c3c(c1)-c1c(sn(-c4cc(C)cc(C)c4)c1=S)C(C)(C)N3C(=O)C2=O. The molecule has 2 aliphatic heterocycles. The van der Waals surface area contributed by atoms with Gasteiger partial charge in [0.25, 0.3) is 11.7 Å². The van der Waals surface area contributed by atoms with E-state index in [-0.39, 0.29) is 0 Å². The van der Waals surface area contributed by atoms with Gasteiger partial charge < -0.3 is 4.74 Å². The monoisotopic (exact) mass is 436 g/mol. The van der Waals surface area contributed by atoms with E-state index in [9.17, 15) is 9.59 Å². The fourth-order valence-electron chi connectivity index (χ4n) is 4.55. The van der Waals surface area contributed by atoms with Gasteiger partial charge in [-0.1, -0.05) is 29.8 Å². The Bertz CT molecular complexity index is 1330. The molecule has 7 heteroatoms. The molecule has 30 heavy (non-hydrogen) atoms.